The van der Waals surface area contributed by atoms with Crippen molar-refractivity contribution < 1.29 is 9.53 Å². The number of nitrogens with two attached hydrogens (primary N) is 1. The van der Waals surface area contributed by atoms with E-state index < -0.39 is 0 Å². The molecule has 1 saturated carbocycles. The Balaban J connectivity index is 2.13. The van der Waals surface area contributed by atoms with Crippen molar-refractivity contribution in [2.24, 2.45) is 11.7 Å². The van der Waals surface area contributed by atoms with Crippen LogP contribution in [0.3, 0.4) is 0 Å². The van der Waals surface area contributed by atoms with Gasteiger partial charge in [0.15, 0.2) is 0 Å². The van der Waals surface area contributed by atoms with Crippen LogP contribution in [-0.4, -0.2) is 25.1 Å². The van der Waals surface area contributed by atoms with Crippen molar-refractivity contribution in [3.8, 4) is 5.75 Å². The second-order valence-electron chi connectivity index (χ2n) is 5.20. The largest absolute Gasteiger partial charge is 0.496 e. The fourth-order valence-electron chi connectivity index (χ4n) is 2.18. The summed E-state index contributed by atoms with van der Waals surface area (Å²) in [5.74, 6) is 1.12. The molecule has 19 heavy (non-hydrogen) atoms. The van der Waals surface area contributed by atoms with Gasteiger partial charge in [0, 0.05) is 12.1 Å². The predicted octanol–water partition coefficient (Wildman–Crippen LogP) is 2.31. The topological polar surface area (TPSA) is 64.3 Å². The minimum atomic E-state index is -0.302. The monoisotopic (exact) mass is 326 g/mol. The van der Waals surface area contributed by atoms with Gasteiger partial charge in [0.25, 0.3) is 5.91 Å². The predicted molar refractivity (Wildman–Crippen MR) is 78.3 cm³/mol. The fraction of sp³-hybridized carbons (Fsp3) is 0.500. The van der Waals surface area contributed by atoms with E-state index in [0.717, 1.165) is 17.3 Å². The summed E-state index contributed by atoms with van der Waals surface area (Å²) in [6.45, 7) is 2.47. The number of benzene rings is 1. The minimum absolute atomic E-state index is 0.0943. The van der Waals surface area contributed by atoms with E-state index in [9.17, 15) is 4.79 Å². The molecule has 1 aromatic carbocycles. The summed E-state index contributed by atoms with van der Waals surface area (Å²) in [6, 6.07) is 5.29. The van der Waals surface area contributed by atoms with E-state index in [1.54, 1.807) is 25.3 Å². The average molecular weight is 327 g/mol. The highest BCUT2D eigenvalue weighted by molar-refractivity contribution is 9.10. The zero-order chi connectivity index (χ0) is 14.0. The molecule has 0 aromatic heterocycles. The molecule has 0 saturated heterocycles. The second-order valence-corrected chi connectivity index (χ2v) is 6.05. The van der Waals surface area contributed by atoms with Crippen LogP contribution in [0.25, 0.3) is 0 Å². The van der Waals surface area contributed by atoms with Crippen molar-refractivity contribution in [3.63, 3.8) is 0 Å². The number of rotatable bonds is 5. The molecule has 0 radical (unpaired) electrons. The molecule has 1 atom stereocenters. The molecule has 104 valence electrons. The first-order valence-corrected chi connectivity index (χ1v) is 7.15. The third kappa shape index (κ3) is 3.09. The fourth-order valence-corrected chi connectivity index (χ4v) is 2.72. The summed E-state index contributed by atoms with van der Waals surface area (Å²) in [5, 5.41) is 3.06. The lowest BCUT2D eigenvalue weighted by Crippen LogP contribution is -2.53. The van der Waals surface area contributed by atoms with E-state index in [1.165, 1.54) is 0 Å². The van der Waals surface area contributed by atoms with Crippen molar-refractivity contribution >= 4 is 21.8 Å². The van der Waals surface area contributed by atoms with Gasteiger partial charge < -0.3 is 15.8 Å². The Morgan fingerprint density at radius 3 is 2.74 bits per heavy atom. The van der Waals surface area contributed by atoms with Crippen molar-refractivity contribution in [1.29, 1.82) is 0 Å². The summed E-state index contributed by atoms with van der Waals surface area (Å²) >= 11 is 3.38. The maximum Gasteiger partial charge on any atom is 0.251 e. The van der Waals surface area contributed by atoms with Gasteiger partial charge in [0.05, 0.1) is 17.1 Å². The van der Waals surface area contributed by atoms with Crippen LogP contribution >= 0.6 is 15.9 Å². The normalized spacial score (nSPS) is 17.7. The molecule has 1 fully saturated rings. The molecule has 1 aliphatic carbocycles. The highest BCUT2D eigenvalue weighted by atomic mass is 79.9. The smallest absolute Gasteiger partial charge is 0.251 e. The molecular weight excluding hydrogens is 308 g/mol. The number of carbonyl (C=O) groups is 1. The number of hydrogen-bond donors (Lipinski definition) is 2. The van der Waals surface area contributed by atoms with Gasteiger partial charge in [-0.2, -0.15) is 0 Å². The number of hydrogen-bond acceptors (Lipinski definition) is 3. The second kappa shape index (κ2) is 5.51. The Morgan fingerprint density at radius 2 is 2.26 bits per heavy atom. The molecule has 4 nitrogen and oxygen atoms in total. The maximum absolute atomic E-state index is 12.3. The summed E-state index contributed by atoms with van der Waals surface area (Å²) < 4.78 is 5.92. The minimum Gasteiger partial charge on any atom is -0.496 e. The molecule has 1 amide bonds. The number of carbonyl (C=O) groups excluding carboxylic acids is 1. The number of methoxy groups -OCH3 is 1. The van der Waals surface area contributed by atoms with Gasteiger partial charge in [-0.15, -0.1) is 0 Å². The van der Waals surface area contributed by atoms with Crippen LogP contribution in [0.5, 0.6) is 5.75 Å². The van der Waals surface area contributed by atoms with Gasteiger partial charge >= 0.3 is 0 Å². The van der Waals surface area contributed by atoms with Crippen LogP contribution in [-0.2, 0) is 0 Å². The van der Waals surface area contributed by atoms with E-state index >= 15 is 0 Å². The molecule has 0 spiro atoms. The number of ether oxygens (including phenoxy) is 1. The SMILES string of the molecule is COc1ccc(C(=O)NC(C)(CN)C2CC2)cc1Br. The third-order valence-corrected chi connectivity index (χ3v) is 4.34. The highest BCUT2D eigenvalue weighted by Gasteiger charge is 2.41. The van der Waals surface area contributed by atoms with Crippen LogP contribution in [0, 0.1) is 5.92 Å². The Hall–Kier alpha value is -1.07. The molecule has 1 aliphatic rings. The van der Waals surface area contributed by atoms with E-state index in [2.05, 4.69) is 21.2 Å². The van der Waals surface area contributed by atoms with Gasteiger partial charge in [-0.3, -0.25) is 4.79 Å². The zero-order valence-corrected chi connectivity index (χ0v) is 12.8. The van der Waals surface area contributed by atoms with Crippen LogP contribution in [0.15, 0.2) is 22.7 Å². The molecule has 0 bridgehead atoms. The summed E-state index contributed by atoms with van der Waals surface area (Å²) in [4.78, 5) is 12.3. The Labute approximate surface area is 121 Å². The Morgan fingerprint density at radius 1 is 1.58 bits per heavy atom. The van der Waals surface area contributed by atoms with Crippen molar-refractivity contribution in [1.82, 2.24) is 5.32 Å². The molecule has 5 heteroatoms. The first-order valence-electron chi connectivity index (χ1n) is 6.36. The Bertz CT molecular complexity index is 488. The molecule has 2 rings (SSSR count). The van der Waals surface area contributed by atoms with Crippen LogP contribution in [0.4, 0.5) is 0 Å². The molecule has 1 unspecified atom stereocenters. The molecule has 3 N–H and O–H groups in total. The quantitative estimate of drug-likeness (QED) is 0.872. The number of amides is 1. The molecular formula is C14H19BrN2O2. The highest BCUT2D eigenvalue weighted by Crippen LogP contribution is 2.39. The lowest BCUT2D eigenvalue weighted by molar-refractivity contribution is 0.0897. The molecule has 1 aromatic rings. The van der Waals surface area contributed by atoms with E-state index in [4.69, 9.17) is 10.5 Å². The lowest BCUT2D eigenvalue weighted by atomic mass is 9.95. The van der Waals surface area contributed by atoms with Crippen molar-refractivity contribution in [3.05, 3.63) is 28.2 Å². The van der Waals surface area contributed by atoms with E-state index in [0.29, 0.717) is 23.8 Å². The molecule has 0 aliphatic heterocycles. The Kier molecular flexibility index (Phi) is 4.16. The van der Waals surface area contributed by atoms with Crippen LogP contribution < -0.4 is 15.8 Å². The van der Waals surface area contributed by atoms with Crippen LogP contribution in [0.2, 0.25) is 0 Å². The maximum atomic E-state index is 12.3. The summed E-state index contributed by atoms with van der Waals surface area (Å²) in [6.07, 6.45) is 2.28. The van der Waals surface area contributed by atoms with Crippen molar-refractivity contribution in [2.45, 2.75) is 25.3 Å². The third-order valence-electron chi connectivity index (χ3n) is 3.72. The van der Waals surface area contributed by atoms with E-state index in [-0.39, 0.29) is 11.4 Å². The summed E-state index contributed by atoms with van der Waals surface area (Å²) in [5.41, 5.74) is 6.11. The van der Waals surface area contributed by atoms with Gasteiger partial charge in [-0.1, -0.05) is 0 Å². The summed E-state index contributed by atoms with van der Waals surface area (Å²) in [7, 11) is 1.60. The van der Waals surface area contributed by atoms with Crippen molar-refractivity contribution in [2.75, 3.05) is 13.7 Å². The van der Waals surface area contributed by atoms with Gasteiger partial charge in [-0.05, 0) is 59.8 Å². The van der Waals surface area contributed by atoms with Gasteiger partial charge in [0.2, 0.25) is 0 Å². The zero-order valence-electron chi connectivity index (χ0n) is 11.2. The number of halogens is 1. The average Bonchev–Trinajstić information content (AvgIpc) is 3.23. The van der Waals surface area contributed by atoms with Crippen LogP contribution in [0.1, 0.15) is 30.1 Å². The first-order chi connectivity index (χ1) is 9.00. The first kappa shape index (κ1) is 14.3. The van der Waals surface area contributed by atoms with E-state index in [1.807, 2.05) is 6.92 Å². The molecule has 0 heterocycles. The lowest BCUT2D eigenvalue weighted by Gasteiger charge is -2.29. The standard InChI is InChI=1S/C14H19BrN2O2/c1-14(8-16,10-4-5-10)17-13(18)9-3-6-12(19-2)11(15)7-9/h3,6-7,10H,4-5,8,16H2,1-2H3,(H,17,18). The number of nitrogens with one attached hydrogen (secondary N) is 1. The van der Waals surface area contributed by atoms with Gasteiger partial charge in [-0.25, -0.2) is 0 Å². The van der Waals surface area contributed by atoms with Gasteiger partial charge in [0.1, 0.15) is 5.75 Å².